The van der Waals surface area contributed by atoms with Crippen LogP contribution in [-0.2, 0) is 4.74 Å². The van der Waals surface area contributed by atoms with E-state index in [4.69, 9.17) is 4.74 Å². The Bertz CT molecular complexity index is 479. The van der Waals surface area contributed by atoms with Crippen molar-refractivity contribution in [2.45, 2.75) is 12.6 Å². The average Bonchev–Trinajstić information content (AvgIpc) is 2.02. The highest BCUT2D eigenvalue weighted by atomic mass is 16.5. The predicted molar refractivity (Wildman–Crippen MR) is 49.3 cm³/mol. The van der Waals surface area contributed by atoms with Crippen LogP contribution in [0.5, 0.6) is 0 Å². The zero-order chi connectivity index (χ0) is 8.67. The van der Waals surface area contributed by atoms with Gasteiger partial charge in [-0.1, -0.05) is 18.2 Å². The minimum absolute atomic E-state index is 0.0566. The summed E-state index contributed by atoms with van der Waals surface area (Å²) in [6.45, 7) is 0. The van der Waals surface area contributed by atoms with Crippen molar-refractivity contribution in [3.8, 4) is 0 Å². The molecule has 2 bridgehead atoms. The van der Waals surface area contributed by atoms with E-state index in [1.165, 1.54) is 5.22 Å². The fourth-order valence-corrected chi connectivity index (χ4v) is 1.60. The standard InChI is InChI=1S/C11H9NO/c1-2-4-10-8(3-1)5-6-9-7-11(12-10)13-9/h1-6,11H,7H2/b8-5-,9-6-,12-10-. The molecule has 0 amide bonds. The zero-order valence-electron chi connectivity index (χ0n) is 7.10. The first-order chi connectivity index (χ1) is 6.42. The average molecular weight is 171 g/mol. The maximum atomic E-state index is 5.40. The number of ether oxygens (including phenoxy) is 1. The fourth-order valence-electron chi connectivity index (χ4n) is 1.60. The molecule has 13 heavy (non-hydrogen) atoms. The Balaban J connectivity index is 2.34. The summed E-state index contributed by atoms with van der Waals surface area (Å²) in [7, 11) is 0. The zero-order valence-corrected chi connectivity index (χ0v) is 7.10. The van der Waals surface area contributed by atoms with Gasteiger partial charge in [-0.3, -0.25) is 0 Å². The first-order valence-corrected chi connectivity index (χ1v) is 4.42. The van der Waals surface area contributed by atoms with Crippen LogP contribution >= 0.6 is 0 Å². The molecule has 1 atom stereocenters. The monoisotopic (exact) mass is 171 g/mol. The van der Waals surface area contributed by atoms with Crippen molar-refractivity contribution in [2.24, 2.45) is 4.99 Å². The van der Waals surface area contributed by atoms with Crippen LogP contribution in [0.25, 0.3) is 6.08 Å². The Morgan fingerprint density at radius 3 is 3.00 bits per heavy atom. The molecule has 3 aliphatic heterocycles. The highest BCUT2D eigenvalue weighted by molar-refractivity contribution is 5.39. The SMILES string of the molecule is C1=C2/CC(/N=c3/cccc/c3=C/1)O2. The van der Waals surface area contributed by atoms with Gasteiger partial charge in [0.05, 0.1) is 11.8 Å². The first kappa shape index (κ1) is 6.89. The van der Waals surface area contributed by atoms with E-state index in [2.05, 4.69) is 17.1 Å². The summed E-state index contributed by atoms with van der Waals surface area (Å²) >= 11 is 0. The highest BCUT2D eigenvalue weighted by Gasteiger charge is 2.23. The Hall–Kier alpha value is -1.57. The van der Waals surface area contributed by atoms with Crippen molar-refractivity contribution in [2.75, 3.05) is 0 Å². The van der Waals surface area contributed by atoms with E-state index in [9.17, 15) is 0 Å². The lowest BCUT2D eigenvalue weighted by atomic mass is 10.1. The smallest absolute Gasteiger partial charge is 0.196 e. The van der Waals surface area contributed by atoms with E-state index in [1.807, 2.05) is 24.3 Å². The molecule has 2 heteroatoms. The predicted octanol–water partition coefficient (Wildman–Crippen LogP) is 0.731. The summed E-state index contributed by atoms with van der Waals surface area (Å²) in [5, 5.41) is 2.20. The number of allylic oxidation sites excluding steroid dienone is 1. The molecular formula is C11H9NO. The summed E-state index contributed by atoms with van der Waals surface area (Å²) in [6, 6.07) is 8.12. The molecule has 0 N–H and O–H groups in total. The second-order valence-corrected chi connectivity index (χ2v) is 3.26. The Kier molecular flexibility index (Phi) is 1.30. The lowest BCUT2D eigenvalue weighted by Crippen LogP contribution is -2.33. The topological polar surface area (TPSA) is 21.6 Å². The van der Waals surface area contributed by atoms with Crippen molar-refractivity contribution >= 4 is 6.08 Å². The van der Waals surface area contributed by atoms with Crippen molar-refractivity contribution in [3.05, 3.63) is 46.7 Å². The first-order valence-electron chi connectivity index (χ1n) is 4.42. The van der Waals surface area contributed by atoms with Crippen molar-refractivity contribution in [1.82, 2.24) is 0 Å². The maximum Gasteiger partial charge on any atom is 0.196 e. The van der Waals surface area contributed by atoms with E-state index in [0.29, 0.717) is 0 Å². The molecular weight excluding hydrogens is 162 g/mol. The third-order valence-electron chi connectivity index (χ3n) is 2.33. The molecule has 1 saturated heterocycles. The summed E-state index contributed by atoms with van der Waals surface area (Å²) in [4.78, 5) is 4.47. The number of hydrogen-bond acceptors (Lipinski definition) is 2. The quantitative estimate of drug-likeness (QED) is 0.564. The van der Waals surface area contributed by atoms with E-state index in [0.717, 1.165) is 17.5 Å². The number of benzene rings is 1. The van der Waals surface area contributed by atoms with Crippen molar-refractivity contribution < 1.29 is 4.74 Å². The lowest BCUT2D eigenvalue weighted by Gasteiger charge is -2.27. The van der Waals surface area contributed by atoms with Gasteiger partial charge in [-0.2, -0.15) is 0 Å². The highest BCUT2D eigenvalue weighted by Crippen LogP contribution is 2.25. The Labute approximate surface area is 75.9 Å². The van der Waals surface area contributed by atoms with E-state index in [1.54, 1.807) is 0 Å². The largest absolute Gasteiger partial charge is 0.472 e. The van der Waals surface area contributed by atoms with E-state index >= 15 is 0 Å². The van der Waals surface area contributed by atoms with Gasteiger partial charge < -0.3 is 4.74 Å². The summed E-state index contributed by atoms with van der Waals surface area (Å²) in [5.41, 5.74) is 0. The summed E-state index contributed by atoms with van der Waals surface area (Å²) in [5.74, 6) is 1.04. The van der Waals surface area contributed by atoms with Gasteiger partial charge in [0.1, 0.15) is 5.76 Å². The number of rotatable bonds is 0. The lowest BCUT2D eigenvalue weighted by molar-refractivity contribution is 0.0246. The molecule has 1 unspecified atom stereocenters. The van der Waals surface area contributed by atoms with Gasteiger partial charge in [0.2, 0.25) is 0 Å². The fraction of sp³-hybridized carbons (Fsp3) is 0.182. The second-order valence-electron chi connectivity index (χ2n) is 3.26. The molecule has 0 saturated carbocycles. The third-order valence-corrected chi connectivity index (χ3v) is 2.33. The molecule has 4 rings (SSSR count). The molecule has 1 fully saturated rings. The van der Waals surface area contributed by atoms with Crippen LogP contribution in [0, 0.1) is 0 Å². The maximum absolute atomic E-state index is 5.40. The summed E-state index contributed by atoms with van der Waals surface area (Å²) < 4.78 is 5.40. The normalized spacial score (nSPS) is 32.3. The number of para-hydroxylation sites is 1. The van der Waals surface area contributed by atoms with Crippen molar-refractivity contribution in [1.29, 1.82) is 0 Å². The molecule has 3 heterocycles. The van der Waals surface area contributed by atoms with E-state index in [-0.39, 0.29) is 6.23 Å². The molecule has 2 nitrogen and oxygen atoms in total. The molecule has 0 aliphatic carbocycles. The van der Waals surface area contributed by atoms with Crippen LogP contribution in [0.4, 0.5) is 0 Å². The molecule has 3 aliphatic rings. The minimum Gasteiger partial charge on any atom is -0.472 e. The number of nitrogens with zero attached hydrogens (tertiary/aromatic N) is 1. The van der Waals surface area contributed by atoms with Crippen LogP contribution in [-0.4, -0.2) is 6.23 Å². The van der Waals surface area contributed by atoms with Gasteiger partial charge in [0, 0.05) is 0 Å². The van der Waals surface area contributed by atoms with Crippen LogP contribution < -0.4 is 10.6 Å². The number of fused-ring (bicyclic) bond motifs is 1. The van der Waals surface area contributed by atoms with Crippen molar-refractivity contribution in [3.63, 3.8) is 0 Å². The molecule has 0 aromatic heterocycles. The van der Waals surface area contributed by atoms with Gasteiger partial charge in [0.25, 0.3) is 0 Å². The molecule has 1 aromatic carbocycles. The summed E-state index contributed by atoms with van der Waals surface area (Å²) in [6.07, 6.45) is 5.10. The number of hydrogen-bond donors (Lipinski definition) is 0. The van der Waals surface area contributed by atoms with Gasteiger partial charge in [-0.05, 0) is 23.4 Å². The van der Waals surface area contributed by atoms with Gasteiger partial charge >= 0.3 is 0 Å². The molecule has 0 spiro atoms. The van der Waals surface area contributed by atoms with Crippen LogP contribution in [0.2, 0.25) is 0 Å². The van der Waals surface area contributed by atoms with Gasteiger partial charge in [-0.25, -0.2) is 4.99 Å². The Morgan fingerprint density at radius 2 is 2.08 bits per heavy atom. The molecule has 0 radical (unpaired) electrons. The van der Waals surface area contributed by atoms with E-state index < -0.39 is 0 Å². The minimum atomic E-state index is 0.0566. The molecule has 1 aromatic rings. The second kappa shape index (κ2) is 2.46. The van der Waals surface area contributed by atoms with Gasteiger partial charge in [0.15, 0.2) is 6.23 Å². The van der Waals surface area contributed by atoms with Crippen LogP contribution in [0.15, 0.2) is 41.1 Å². The Morgan fingerprint density at radius 1 is 1.23 bits per heavy atom. The third kappa shape index (κ3) is 1.06. The van der Waals surface area contributed by atoms with Crippen LogP contribution in [0.3, 0.4) is 0 Å². The van der Waals surface area contributed by atoms with Crippen LogP contribution in [0.1, 0.15) is 6.42 Å². The van der Waals surface area contributed by atoms with Gasteiger partial charge in [-0.15, -0.1) is 0 Å². The molecule has 64 valence electrons.